The number of carbonyl (C=O) groups is 1. The quantitative estimate of drug-likeness (QED) is 0.749. The van der Waals surface area contributed by atoms with Crippen LogP contribution in [0.5, 0.6) is 0 Å². The molecule has 0 spiro atoms. The summed E-state index contributed by atoms with van der Waals surface area (Å²) in [6.45, 7) is 1.18. The summed E-state index contributed by atoms with van der Waals surface area (Å²) in [6.07, 6.45) is -2.95. The lowest BCUT2D eigenvalue weighted by molar-refractivity contribution is -0.325. The zero-order chi connectivity index (χ0) is 14.8. The summed E-state index contributed by atoms with van der Waals surface area (Å²) in [7, 11) is 0. The minimum atomic E-state index is -4.68. The van der Waals surface area contributed by atoms with Crippen LogP contribution in [0.25, 0.3) is 0 Å². The van der Waals surface area contributed by atoms with Gasteiger partial charge in [0, 0.05) is 5.92 Å². The molecular weight excluding hydrogens is 279 g/mol. The van der Waals surface area contributed by atoms with Crippen LogP contribution in [0.4, 0.5) is 13.2 Å². The molecule has 0 N–H and O–H groups in total. The molecule has 0 atom stereocenters. The van der Waals surface area contributed by atoms with Gasteiger partial charge in [0.05, 0.1) is 25.5 Å². The van der Waals surface area contributed by atoms with Crippen molar-refractivity contribution in [1.29, 1.82) is 0 Å². The molecule has 0 radical (unpaired) electrons. The molecule has 1 aliphatic carbocycles. The molecule has 0 saturated heterocycles. The number of halogens is 3. The third-order valence-electron chi connectivity index (χ3n) is 2.78. The molecular formula is C11H14F3N3O3. The van der Waals surface area contributed by atoms with E-state index in [0.29, 0.717) is 5.69 Å². The summed E-state index contributed by atoms with van der Waals surface area (Å²) in [5, 5.41) is 7.43. The Balaban J connectivity index is 2.07. The van der Waals surface area contributed by atoms with Crippen LogP contribution in [-0.2, 0) is 16.0 Å². The van der Waals surface area contributed by atoms with Crippen LogP contribution < -0.4 is 0 Å². The Bertz CT molecular complexity index is 483. The first-order valence-electron chi connectivity index (χ1n) is 6.23. The van der Waals surface area contributed by atoms with Gasteiger partial charge >= 0.3 is 12.3 Å². The number of carbonyl (C=O) groups excluding carboxylic acids is 1. The van der Waals surface area contributed by atoms with Crippen molar-refractivity contribution in [3.05, 3.63) is 11.4 Å². The number of ether oxygens (including phenoxy) is 2. The van der Waals surface area contributed by atoms with Crippen molar-refractivity contribution >= 4 is 5.97 Å². The monoisotopic (exact) mass is 293 g/mol. The van der Waals surface area contributed by atoms with Crippen LogP contribution in [0.15, 0.2) is 0 Å². The first kappa shape index (κ1) is 14.8. The molecule has 0 aliphatic heterocycles. The van der Waals surface area contributed by atoms with E-state index in [0.717, 1.165) is 12.8 Å². The third kappa shape index (κ3) is 3.69. The second-order valence-electron chi connectivity index (χ2n) is 4.34. The highest BCUT2D eigenvalue weighted by molar-refractivity contribution is 5.88. The van der Waals surface area contributed by atoms with Gasteiger partial charge in [-0.3, -0.25) is 4.74 Å². The van der Waals surface area contributed by atoms with Crippen molar-refractivity contribution in [3.63, 3.8) is 0 Å². The summed E-state index contributed by atoms with van der Waals surface area (Å²) in [5.41, 5.74) is 0.621. The van der Waals surface area contributed by atoms with Crippen molar-refractivity contribution in [1.82, 2.24) is 15.0 Å². The van der Waals surface area contributed by atoms with Gasteiger partial charge in [-0.15, -0.1) is 18.3 Å². The summed E-state index contributed by atoms with van der Waals surface area (Å²) in [5.74, 6) is -0.493. The van der Waals surface area contributed by atoms with E-state index < -0.39 is 18.9 Å². The Morgan fingerprint density at radius 1 is 1.45 bits per heavy atom. The van der Waals surface area contributed by atoms with E-state index in [2.05, 4.69) is 15.0 Å². The number of hydrogen-bond acceptors (Lipinski definition) is 5. The van der Waals surface area contributed by atoms with Crippen LogP contribution in [0.2, 0.25) is 0 Å². The van der Waals surface area contributed by atoms with Gasteiger partial charge in [0.15, 0.2) is 5.69 Å². The molecule has 1 fully saturated rings. The molecule has 9 heteroatoms. The predicted octanol–water partition coefficient (Wildman–Crippen LogP) is 1.87. The molecule has 0 bridgehead atoms. The summed E-state index contributed by atoms with van der Waals surface area (Å²) in [4.78, 5) is 11.7. The number of esters is 1. The van der Waals surface area contributed by atoms with E-state index in [4.69, 9.17) is 4.74 Å². The Morgan fingerprint density at radius 3 is 2.70 bits per heavy atom. The Labute approximate surface area is 112 Å². The van der Waals surface area contributed by atoms with Crippen molar-refractivity contribution < 1.29 is 27.4 Å². The normalized spacial score (nSPS) is 15.4. The number of rotatable bonds is 6. The van der Waals surface area contributed by atoms with Gasteiger partial charge in [0.1, 0.15) is 0 Å². The molecule has 1 aromatic rings. The topological polar surface area (TPSA) is 66.2 Å². The molecule has 0 amide bonds. The number of nitrogens with zero attached hydrogens (tertiary/aromatic N) is 3. The van der Waals surface area contributed by atoms with Crippen molar-refractivity contribution in [2.45, 2.75) is 38.6 Å². The zero-order valence-corrected chi connectivity index (χ0v) is 10.8. The Hall–Kier alpha value is -1.64. The van der Waals surface area contributed by atoms with E-state index in [1.165, 1.54) is 4.68 Å². The average Bonchev–Trinajstić information content (AvgIpc) is 3.09. The van der Waals surface area contributed by atoms with Gasteiger partial charge in [-0.2, -0.15) is 0 Å². The molecule has 6 nitrogen and oxygen atoms in total. The highest BCUT2D eigenvalue weighted by atomic mass is 19.4. The molecule has 112 valence electrons. The van der Waals surface area contributed by atoms with E-state index in [1.807, 2.05) is 0 Å². The standard InChI is InChI=1S/C11H14F3N3O3/c1-2-19-10(18)8-9(7-3-4-7)17(16-15-8)5-6-20-11(12,13)14/h7H,2-6H2,1H3. The number of alkyl halides is 3. The van der Waals surface area contributed by atoms with Gasteiger partial charge in [0.25, 0.3) is 0 Å². The van der Waals surface area contributed by atoms with Crippen molar-refractivity contribution in [2.24, 2.45) is 0 Å². The minimum absolute atomic E-state index is 0.0846. The molecule has 20 heavy (non-hydrogen) atoms. The van der Waals surface area contributed by atoms with Crippen LogP contribution >= 0.6 is 0 Å². The molecule has 1 aromatic heterocycles. The highest BCUT2D eigenvalue weighted by Gasteiger charge is 2.35. The lowest BCUT2D eigenvalue weighted by atomic mass is 10.2. The second-order valence-corrected chi connectivity index (χ2v) is 4.34. The SMILES string of the molecule is CCOC(=O)c1nnn(CCOC(F)(F)F)c1C1CC1. The first-order chi connectivity index (χ1) is 9.42. The summed E-state index contributed by atoms with van der Waals surface area (Å²) < 4.78 is 45.6. The van der Waals surface area contributed by atoms with E-state index in [9.17, 15) is 18.0 Å². The Kier molecular flexibility index (Phi) is 4.26. The largest absolute Gasteiger partial charge is 0.522 e. The van der Waals surface area contributed by atoms with Gasteiger partial charge in [-0.05, 0) is 19.8 Å². The van der Waals surface area contributed by atoms with E-state index in [1.54, 1.807) is 6.92 Å². The smallest absolute Gasteiger partial charge is 0.461 e. The van der Waals surface area contributed by atoms with Crippen LogP contribution in [0.1, 0.15) is 41.9 Å². The molecule has 0 aromatic carbocycles. The maximum absolute atomic E-state index is 11.9. The predicted molar refractivity (Wildman–Crippen MR) is 60.0 cm³/mol. The lowest BCUT2D eigenvalue weighted by Gasteiger charge is -2.09. The number of aromatic nitrogens is 3. The maximum Gasteiger partial charge on any atom is 0.522 e. The van der Waals surface area contributed by atoms with Crippen LogP contribution in [0, 0.1) is 0 Å². The van der Waals surface area contributed by atoms with Gasteiger partial charge in [0.2, 0.25) is 0 Å². The van der Waals surface area contributed by atoms with Gasteiger partial charge in [-0.25, -0.2) is 9.48 Å². The van der Waals surface area contributed by atoms with Gasteiger partial charge < -0.3 is 4.74 Å². The summed E-state index contributed by atoms with van der Waals surface area (Å²) >= 11 is 0. The van der Waals surface area contributed by atoms with E-state index >= 15 is 0 Å². The zero-order valence-electron chi connectivity index (χ0n) is 10.8. The molecule has 2 rings (SSSR count). The molecule has 1 aliphatic rings. The lowest BCUT2D eigenvalue weighted by Crippen LogP contribution is -2.19. The van der Waals surface area contributed by atoms with Crippen molar-refractivity contribution in [2.75, 3.05) is 13.2 Å². The Morgan fingerprint density at radius 2 is 2.15 bits per heavy atom. The van der Waals surface area contributed by atoms with Crippen LogP contribution in [0.3, 0.4) is 0 Å². The fraction of sp³-hybridized carbons (Fsp3) is 0.727. The maximum atomic E-state index is 11.9. The highest BCUT2D eigenvalue weighted by Crippen LogP contribution is 2.41. The minimum Gasteiger partial charge on any atom is -0.461 e. The van der Waals surface area contributed by atoms with E-state index in [-0.39, 0.29) is 24.8 Å². The molecule has 1 heterocycles. The molecule has 1 saturated carbocycles. The van der Waals surface area contributed by atoms with Gasteiger partial charge in [-0.1, -0.05) is 5.21 Å². The second kappa shape index (κ2) is 5.78. The third-order valence-corrected chi connectivity index (χ3v) is 2.78. The number of hydrogen-bond donors (Lipinski definition) is 0. The molecule has 0 unspecified atom stereocenters. The van der Waals surface area contributed by atoms with Crippen molar-refractivity contribution in [3.8, 4) is 0 Å². The first-order valence-corrected chi connectivity index (χ1v) is 6.23. The van der Waals surface area contributed by atoms with Crippen LogP contribution in [-0.4, -0.2) is 40.5 Å². The summed E-state index contributed by atoms with van der Waals surface area (Å²) in [6, 6.07) is 0. The fourth-order valence-corrected chi connectivity index (χ4v) is 1.84. The average molecular weight is 293 g/mol. The fourth-order valence-electron chi connectivity index (χ4n) is 1.84.